The van der Waals surface area contributed by atoms with Gasteiger partial charge in [0, 0.05) is 39.2 Å². The number of hydrogen-bond donors (Lipinski definition) is 2. The Kier molecular flexibility index (Phi) is 41.8. The van der Waals surface area contributed by atoms with Crippen molar-refractivity contribution >= 4 is 76.1 Å². The third kappa shape index (κ3) is 27.8. The molecule has 0 saturated carbocycles. The predicted octanol–water partition coefficient (Wildman–Crippen LogP) is 19.0. The molecule has 4 saturated heterocycles. The lowest BCUT2D eigenvalue weighted by Crippen LogP contribution is -2.67. The second-order valence-electron chi connectivity index (χ2n) is 31.1. The summed E-state index contributed by atoms with van der Waals surface area (Å²) in [6.45, 7) is 48.7. The van der Waals surface area contributed by atoms with Gasteiger partial charge in [0.1, 0.15) is 31.3 Å². The minimum Gasteiger partial charge on any atom is -0.462 e. The number of fused-ring (bicyclic) bond motifs is 6. The third-order valence-corrected chi connectivity index (χ3v) is 42.5. The van der Waals surface area contributed by atoms with Gasteiger partial charge >= 0.3 is 18.0 Å². The average molecular weight is 1630 g/mol. The highest BCUT2D eigenvalue weighted by atomic mass is 32.0. The molecule has 26 heteroatoms. The molecule has 25 atom stereocenters. The fourth-order valence-electron chi connectivity index (χ4n) is 15.9. The number of nitrogens with one attached hydrogen (secondary N) is 1. The number of carbonyl (C=O) groups excluding carboxylic acids is 3. The van der Waals surface area contributed by atoms with E-state index in [0.29, 0.717) is 31.2 Å². The molecular formula is C81H141NO18P4Si3. The summed E-state index contributed by atoms with van der Waals surface area (Å²) >= 11 is 0. The molecule has 0 aliphatic carbocycles. The maximum absolute atomic E-state index is 15.4. The number of cyclic esters (lactones) is 1. The van der Waals surface area contributed by atoms with Crippen molar-refractivity contribution < 1.29 is 84.9 Å². The van der Waals surface area contributed by atoms with Crippen molar-refractivity contribution in [2.45, 2.75) is 325 Å². The molecule has 0 aromatic heterocycles. The molecule has 107 heavy (non-hydrogen) atoms. The summed E-state index contributed by atoms with van der Waals surface area (Å²) in [5.74, 6) is -2.75. The molecule has 0 aromatic rings. The second-order valence-corrected chi connectivity index (χ2v) is 54.3. The third-order valence-electron chi connectivity index (χ3n) is 23.5. The maximum Gasteiger partial charge on any atom is 0.407 e. The molecule has 11 unspecified atom stereocenters. The summed E-state index contributed by atoms with van der Waals surface area (Å²) in [4.78, 5) is 43.1. The quantitative estimate of drug-likeness (QED) is 0.0271. The van der Waals surface area contributed by atoms with Gasteiger partial charge in [-0.25, -0.2) is 4.79 Å². The number of ether oxygens (including phenoxy) is 11. The van der Waals surface area contributed by atoms with Crippen LogP contribution in [-0.4, -0.2) is 185 Å². The Morgan fingerprint density at radius 3 is 1.64 bits per heavy atom. The zero-order valence-corrected chi connectivity index (χ0v) is 75.8. The first-order valence-electron chi connectivity index (χ1n) is 39.8. The minimum absolute atomic E-state index is 0.00409. The molecule has 5 heterocycles. The topological polar surface area (TPSA) is 213 Å². The highest BCUT2D eigenvalue weighted by molar-refractivity contribution is 8.13. The number of methoxy groups -OCH3 is 1. The van der Waals surface area contributed by atoms with Crippen LogP contribution in [0.3, 0.4) is 0 Å². The van der Waals surface area contributed by atoms with Crippen LogP contribution in [0.25, 0.3) is 0 Å². The smallest absolute Gasteiger partial charge is 0.407 e. The molecular weight excluding hydrogens is 1480 g/mol. The fourth-order valence-corrected chi connectivity index (χ4v) is 29.0. The largest absolute Gasteiger partial charge is 0.462 e. The number of alkyl carbamates (subject to hydrolysis) is 1. The lowest BCUT2D eigenvalue weighted by Gasteiger charge is -2.52. The van der Waals surface area contributed by atoms with Crippen LogP contribution in [-0.2, 0) is 75.0 Å². The van der Waals surface area contributed by atoms with E-state index in [9.17, 15) is 14.7 Å². The molecule has 5 aliphatic heterocycles. The van der Waals surface area contributed by atoms with Gasteiger partial charge in [-0.3, -0.25) is 9.59 Å². The van der Waals surface area contributed by atoms with E-state index in [1.165, 1.54) is 6.08 Å². The van der Waals surface area contributed by atoms with E-state index in [1.54, 1.807) is 13.2 Å². The molecule has 2 N–H and O–H groups in total. The minimum atomic E-state index is -2.68. The van der Waals surface area contributed by atoms with Gasteiger partial charge in [-0.05, 0) is 126 Å². The van der Waals surface area contributed by atoms with E-state index in [0.717, 1.165) is 36.3 Å². The Labute approximate surface area is 655 Å². The number of aliphatic hydroxyl groups excluding tert-OH is 1. The monoisotopic (exact) mass is 1620 g/mol. The van der Waals surface area contributed by atoms with E-state index >= 15 is 4.79 Å². The number of aliphatic hydroxyl groups is 1. The van der Waals surface area contributed by atoms with Gasteiger partial charge in [0.2, 0.25) is 0 Å². The van der Waals surface area contributed by atoms with Crippen LogP contribution in [0.1, 0.15) is 169 Å². The zero-order valence-electron chi connectivity index (χ0n) is 68.7. The van der Waals surface area contributed by atoms with Crippen molar-refractivity contribution in [1.82, 2.24) is 5.32 Å². The van der Waals surface area contributed by atoms with E-state index in [4.69, 9.17) is 65.4 Å². The van der Waals surface area contributed by atoms with Gasteiger partial charge in [0.25, 0.3) is 0 Å². The van der Waals surface area contributed by atoms with Crippen LogP contribution < -0.4 is 5.32 Å². The van der Waals surface area contributed by atoms with Crippen LogP contribution in [0.2, 0.25) is 52.9 Å². The summed E-state index contributed by atoms with van der Waals surface area (Å²) in [5.41, 5.74) is 0.660. The number of amides is 1. The first kappa shape index (κ1) is 95.3. The first-order valence-corrected chi connectivity index (χ1v) is 54.0. The van der Waals surface area contributed by atoms with Crippen LogP contribution in [0.5, 0.6) is 0 Å². The number of allylic oxidation sites excluding steroid dienone is 13. The van der Waals surface area contributed by atoms with Crippen LogP contribution in [0.4, 0.5) is 4.79 Å². The van der Waals surface area contributed by atoms with Gasteiger partial charge in [-0.1, -0.05) is 214 Å². The van der Waals surface area contributed by atoms with Crippen molar-refractivity contribution in [3.8, 4) is 0 Å². The van der Waals surface area contributed by atoms with E-state index in [2.05, 4.69) is 166 Å². The molecule has 4 fully saturated rings. The first-order chi connectivity index (χ1) is 50.8. The predicted molar refractivity (Wildman–Crippen MR) is 449 cm³/mol. The lowest BCUT2D eigenvalue weighted by atomic mass is 9.82. The molecule has 0 radical (unpaired) electrons. The van der Waals surface area contributed by atoms with Crippen LogP contribution >= 0.6 is 33.1 Å². The highest BCUT2D eigenvalue weighted by Gasteiger charge is 2.57. The molecule has 6 bridgehead atoms. The molecule has 19 nitrogen and oxygen atoms in total. The summed E-state index contributed by atoms with van der Waals surface area (Å²) in [6, 6.07) is 2.82. The Hall–Kier alpha value is -2.24. The van der Waals surface area contributed by atoms with Gasteiger partial charge in [0.05, 0.1) is 73.5 Å². The van der Waals surface area contributed by atoms with Crippen molar-refractivity contribution in [2.75, 3.05) is 33.7 Å². The number of hydrogen-bond acceptors (Lipinski definition) is 18. The number of rotatable bonds is 26. The van der Waals surface area contributed by atoms with Crippen molar-refractivity contribution in [3.63, 3.8) is 0 Å². The molecule has 0 aromatic carbocycles. The van der Waals surface area contributed by atoms with Crippen LogP contribution in [0, 0.1) is 23.7 Å². The van der Waals surface area contributed by atoms with Gasteiger partial charge in [-0.2, -0.15) is 0 Å². The van der Waals surface area contributed by atoms with Gasteiger partial charge < -0.3 is 75.8 Å². The summed E-state index contributed by atoms with van der Waals surface area (Å²) < 4.78 is 96.9. The van der Waals surface area contributed by atoms with E-state index < -0.39 is 143 Å². The standard InChI is InChI=1S/C81H141NO18P4Si3/c1-23-47-88-76(85)72-69-50-63(92-77-74(84)73(82-78(86)89-48-24-2)75(62(19)91-77)100-107(29-7,30-8)57(13)14)44-42-40-38-36-34-32-31-33-35-37-39-41-43-58(15)59(16)60(17)61(18)90-71(83)52-65-49-64(93-79(94-65)103(21)101)45-46-67(98-105(25-3,26-4)55(9)10)68-51-66(95-80(96-68)104(22)102)53-81(87-20,97-69)54-70(72)99-106(27-5,28-6)56(11)12/h23-24,31-44,55-70,72-75,77,79-80,84H,1-2,25-30,45-54,101-102H2,3-22H3,(H,82,86)/b32-31+,35-33+,36-34+,39-37+,40-38+,43-41+,44-42+/t58-,59+,60+,61-,62+,63-,64?,65?,66?,67+,68?,69?,70-,72-,73+,74-,75+,77-,79?,80?,81+,103?,104?/m0/s1. The Balaban J connectivity index is 1.74. The maximum atomic E-state index is 15.4. The van der Waals surface area contributed by atoms with E-state index in [1.807, 2.05) is 86.8 Å². The molecule has 5 rings (SSSR count). The zero-order chi connectivity index (χ0) is 79.4. The number of esters is 2. The SMILES string of the molecule is C=CCOC(=O)N[C@@H]1[C@H](O)[C@H](O[C@H]2/C=C/C=C/C=C/C=C/C=C/C=C/C=C/[C@H](C)[C@@H](C)[C@@H](C)[C@H](C)OC(=O)CC3CC(CC[C@@H](O[Si](CC)(CC)C(C)C)C4CC(C[C@]5(OC)C[C@H](O[Si](CC)(CC)C(C)C)[C@@H](C(=O)OCC=C)C(C2)O5)OC(P(C)P)O4)OC(P(C)P)O3)O[C@H](C)[C@H]1O[Si](CC)(CC)C(C)C. The average Bonchev–Trinajstić information content (AvgIpc) is 0.765. The Morgan fingerprint density at radius 2 is 1.11 bits per heavy atom. The Bertz CT molecular complexity index is 2910. The van der Waals surface area contributed by atoms with Crippen molar-refractivity contribution in [2.24, 2.45) is 23.7 Å². The molecule has 5 aliphatic rings. The van der Waals surface area contributed by atoms with Crippen LogP contribution in [0.15, 0.2) is 110 Å². The molecule has 610 valence electrons. The number of carbonyl (C=O) groups is 3. The summed E-state index contributed by atoms with van der Waals surface area (Å²) in [7, 11) is -1.84. The lowest BCUT2D eigenvalue weighted by molar-refractivity contribution is -0.325. The highest BCUT2D eigenvalue weighted by Crippen LogP contribution is 2.54. The summed E-state index contributed by atoms with van der Waals surface area (Å²) in [6.07, 6.45) is 22.9. The van der Waals surface area contributed by atoms with Gasteiger partial charge in [-0.15, -0.1) is 17.9 Å². The molecule has 1 amide bonds. The summed E-state index contributed by atoms with van der Waals surface area (Å²) in [5, 5.41) is 15.8. The molecule has 0 spiro atoms. The Morgan fingerprint density at radius 1 is 0.617 bits per heavy atom. The normalized spacial score (nSPS) is 35.8. The second kappa shape index (κ2) is 47.0. The van der Waals surface area contributed by atoms with Gasteiger partial charge in [0.15, 0.2) is 49.1 Å². The fraction of sp³-hybridized carbons (Fsp3) is 0.741. The van der Waals surface area contributed by atoms with Crippen molar-refractivity contribution in [1.29, 1.82) is 0 Å². The van der Waals surface area contributed by atoms with Crippen molar-refractivity contribution in [3.05, 3.63) is 110 Å². The van der Waals surface area contributed by atoms with E-state index in [-0.39, 0.29) is 92.0 Å².